The molecule has 0 bridgehead atoms. The van der Waals surface area contributed by atoms with Gasteiger partial charge in [-0.2, -0.15) is 13.2 Å². The number of nitrogens with one attached hydrogen (secondary N) is 2. The average Bonchev–Trinajstić information content (AvgIpc) is 3.37. The van der Waals surface area contributed by atoms with Gasteiger partial charge in [-0.1, -0.05) is 12.5 Å². The Bertz CT molecular complexity index is 1480. The Balaban J connectivity index is 1.31. The number of piperidine rings is 1. The second-order valence-corrected chi connectivity index (χ2v) is 11.8. The number of urea groups is 1. The molecule has 3 heterocycles. The first-order valence-corrected chi connectivity index (χ1v) is 14.9. The van der Waals surface area contributed by atoms with Crippen molar-refractivity contribution < 1.29 is 40.4 Å². The van der Waals surface area contributed by atoms with Crippen LogP contribution in [-0.4, -0.2) is 53.8 Å². The third-order valence-electron chi connectivity index (χ3n) is 6.32. The SMILES string of the molecule is O=C(CCCCS(=O)(=O)N1CCCCC1)Nc1cc(NC(=O)[N-]c2c[n+](Cc3ccccn3)no2)cc(C(F)(F)F)c1. The van der Waals surface area contributed by atoms with Crippen LogP contribution in [0.1, 0.15) is 49.8 Å². The number of hydrogen-bond donors (Lipinski definition) is 2. The van der Waals surface area contributed by atoms with E-state index in [2.05, 4.69) is 26.2 Å². The third kappa shape index (κ3) is 9.24. The van der Waals surface area contributed by atoms with Gasteiger partial charge in [-0.15, -0.1) is 0 Å². The predicted octanol–water partition coefficient (Wildman–Crippen LogP) is 4.59. The first-order valence-electron chi connectivity index (χ1n) is 13.3. The zero-order valence-corrected chi connectivity index (χ0v) is 23.3. The number of alkyl halides is 3. The first-order chi connectivity index (χ1) is 20.0. The summed E-state index contributed by atoms with van der Waals surface area (Å²) < 4.78 is 73.2. The monoisotopic (exact) mass is 609 g/mol. The number of hydrogen-bond acceptors (Lipinski definition) is 7. The van der Waals surface area contributed by atoms with Crippen LogP contribution in [0.2, 0.25) is 0 Å². The number of anilines is 2. The molecule has 0 saturated carbocycles. The van der Waals surface area contributed by atoms with Crippen molar-refractivity contribution in [3.63, 3.8) is 0 Å². The Kier molecular flexibility index (Phi) is 10.1. The molecular formula is C26H30F3N7O5S. The molecule has 16 heteroatoms. The maximum absolute atomic E-state index is 13.5. The summed E-state index contributed by atoms with van der Waals surface area (Å²) in [5, 5.41) is 12.0. The number of amides is 3. The second kappa shape index (κ2) is 13.7. The Hall–Kier alpha value is -4.05. The highest BCUT2D eigenvalue weighted by Gasteiger charge is 2.31. The molecule has 1 aliphatic rings. The Morgan fingerprint density at radius 2 is 1.79 bits per heavy atom. The normalized spacial score (nSPS) is 14.4. The predicted molar refractivity (Wildman–Crippen MR) is 145 cm³/mol. The summed E-state index contributed by atoms with van der Waals surface area (Å²) in [6.45, 7) is 1.23. The summed E-state index contributed by atoms with van der Waals surface area (Å²) in [6, 6.07) is 6.87. The van der Waals surface area contributed by atoms with Gasteiger partial charge in [0, 0.05) is 31.4 Å². The number of rotatable bonds is 11. The summed E-state index contributed by atoms with van der Waals surface area (Å²) in [5.74, 6) is -0.880. The van der Waals surface area contributed by atoms with Gasteiger partial charge >= 0.3 is 6.18 Å². The van der Waals surface area contributed by atoms with E-state index in [0.717, 1.165) is 31.4 Å². The molecule has 0 radical (unpaired) electrons. The van der Waals surface area contributed by atoms with Crippen LogP contribution in [-0.2, 0) is 27.5 Å². The molecule has 12 nitrogen and oxygen atoms in total. The smallest absolute Gasteiger partial charge is 0.416 e. The summed E-state index contributed by atoms with van der Waals surface area (Å²) in [5.41, 5.74) is -0.884. The number of halogens is 3. The van der Waals surface area contributed by atoms with E-state index in [4.69, 9.17) is 4.52 Å². The molecule has 0 aliphatic carbocycles. The molecule has 42 heavy (non-hydrogen) atoms. The van der Waals surface area contributed by atoms with Crippen LogP contribution >= 0.6 is 0 Å². The first kappa shape index (κ1) is 30.9. The fourth-order valence-corrected chi connectivity index (χ4v) is 5.94. The van der Waals surface area contributed by atoms with E-state index in [1.165, 1.54) is 15.2 Å². The van der Waals surface area contributed by atoms with Crippen molar-refractivity contribution in [2.75, 3.05) is 29.5 Å². The van der Waals surface area contributed by atoms with Gasteiger partial charge in [0.05, 0.1) is 11.3 Å². The minimum atomic E-state index is -4.76. The quantitative estimate of drug-likeness (QED) is 0.238. The number of aromatic nitrogens is 3. The van der Waals surface area contributed by atoms with E-state index in [0.29, 0.717) is 24.8 Å². The van der Waals surface area contributed by atoms with Crippen molar-refractivity contribution in [3.8, 4) is 0 Å². The molecule has 1 saturated heterocycles. The third-order valence-corrected chi connectivity index (χ3v) is 8.28. The summed E-state index contributed by atoms with van der Waals surface area (Å²) in [6.07, 6.45) is 1.18. The van der Waals surface area contributed by atoms with Gasteiger partial charge in [0.2, 0.25) is 34.6 Å². The van der Waals surface area contributed by atoms with Crippen molar-refractivity contribution in [2.45, 2.75) is 51.2 Å². The highest BCUT2D eigenvalue weighted by atomic mass is 32.2. The van der Waals surface area contributed by atoms with Crippen molar-refractivity contribution >= 4 is 39.2 Å². The van der Waals surface area contributed by atoms with Crippen molar-refractivity contribution in [2.24, 2.45) is 0 Å². The van der Waals surface area contributed by atoms with Gasteiger partial charge in [-0.05, 0) is 66.4 Å². The largest absolute Gasteiger partial charge is 0.424 e. The standard InChI is InChI=1S/C26H30F3N7O5S/c27-26(28,29)19-14-21(31-23(37)9-3-7-13-42(39,40)36-11-5-1-6-12-36)16-22(15-19)32-25(38)33-24-18-35(34-41-24)17-20-8-2-4-10-30-20/h2,4,8,10,14-16,18H,1,3,5-7,9,11-13,17H2,(H2-,31,32,33,34,37,38). The minimum Gasteiger partial charge on any atom is -0.424 e. The molecule has 2 aromatic heterocycles. The van der Waals surface area contributed by atoms with Gasteiger partial charge in [-0.25, -0.2) is 12.7 Å². The molecular weight excluding hydrogens is 579 g/mol. The Morgan fingerprint density at radius 1 is 1.05 bits per heavy atom. The van der Waals surface area contributed by atoms with Gasteiger partial charge < -0.3 is 20.5 Å². The topological polar surface area (TPSA) is 152 Å². The van der Waals surface area contributed by atoms with E-state index >= 15 is 0 Å². The molecule has 0 unspecified atom stereocenters. The molecule has 2 N–H and O–H groups in total. The lowest BCUT2D eigenvalue weighted by Gasteiger charge is -2.25. The van der Waals surface area contributed by atoms with Gasteiger partial charge in [0.1, 0.15) is 5.69 Å². The van der Waals surface area contributed by atoms with E-state index < -0.39 is 33.7 Å². The highest BCUT2D eigenvalue weighted by molar-refractivity contribution is 7.89. The molecule has 3 amide bonds. The van der Waals surface area contributed by atoms with E-state index in [9.17, 15) is 31.2 Å². The van der Waals surface area contributed by atoms with Crippen LogP contribution < -0.4 is 15.3 Å². The lowest BCUT2D eigenvalue weighted by Crippen LogP contribution is -2.37. The Morgan fingerprint density at radius 3 is 2.48 bits per heavy atom. The van der Waals surface area contributed by atoms with Crippen LogP contribution in [0.3, 0.4) is 0 Å². The minimum absolute atomic E-state index is 0.0905. The van der Waals surface area contributed by atoms with Gasteiger partial charge in [-0.3, -0.25) is 14.6 Å². The molecule has 1 aromatic carbocycles. The maximum atomic E-state index is 13.5. The highest BCUT2D eigenvalue weighted by Crippen LogP contribution is 2.34. The van der Waals surface area contributed by atoms with E-state index in [1.54, 1.807) is 24.4 Å². The maximum Gasteiger partial charge on any atom is 0.416 e. The summed E-state index contributed by atoms with van der Waals surface area (Å²) in [4.78, 5) is 29.0. The van der Waals surface area contributed by atoms with Crippen molar-refractivity contribution in [1.82, 2.24) is 14.6 Å². The second-order valence-electron chi connectivity index (χ2n) is 9.68. The number of nitrogens with zero attached hydrogens (tertiary/aromatic N) is 5. The molecule has 1 aliphatic heterocycles. The van der Waals surface area contributed by atoms with Crippen LogP contribution in [0.15, 0.2) is 53.3 Å². The molecule has 4 rings (SSSR count). The number of pyridine rings is 1. The summed E-state index contributed by atoms with van der Waals surface area (Å²) in [7, 11) is -3.40. The summed E-state index contributed by atoms with van der Waals surface area (Å²) >= 11 is 0. The number of unbranched alkanes of at least 4 members (excludes halogenated alkanes) is 1. The zero-order valence-electron chi connectivity index (χ0n) is 22.5. The molecule has 226 valence electrons. The average molecular weight is 610 g/mol. The van der Waals surface area contributed by atoms with Crippen LogP contribution in [0.5, 0.6) is 0 Å². The molecule has 3 aromatic rings. The zero-order chi connectivity index (χ0) is 30.2. The fourth-order valence-electron chi connectivity index (χ4n) is 4.30. The number of carbonyl (C=O) groups excluding carboxylic acids is 2. The lowest BCUT2D eigenvalue weighted by atomic mass is 10.1. The van der Waals surface area contributed by atoms with Crippen LogP contribution in [0.25, 0.3) is 5.32 Å². The molecule has 0 atom stereocenters. The number of benzene rings is 1. The van der Waals surface area contributed by atoms with Crippen molar-refractivity contribution in [1.29, 1.82) is 0 Å². The molecule has 0 spiro atoms. The number of carbonyl (C=O) groups is 2. The van der Waals surface area contributed by atoms with E-state index in [-0.39, 0.29) is 48.8 Å². The number of sulfonamides is 1. The van der Waals surface area contributed by atoms with Crippen LogP contribution in [0, 0.1) is 0 Å². The van der Waals surface area contributed by atoms with E-state index in [1.807, 2.05) is 0 Å². The lowest BCUT2D eigenvalue weighted by molar-refractivity contribution is -0.755. The Labute approximate surface area is 240 Å². The fraction of sp³-hybridized carbons (Fsp3) is 0.423. The van der Waals surface area contributed by atoms with Crippen LogP contribution in [0.4, 0.5) is 35.2 Å². The van der Waals surface area contributed by atoms with Gasteiger partial charge in [0.25, 0.3) is 0 Å². The molecule has 1 fully saturated rings. The van der Waals surface area contributed by atoms with Gasteiger partial charge in [0.15, 0.2) is 11.3 Å². The van der Waals surface area contributed by atoms with Crippen molar-refractivity contribution in [3.05, 3.63) is 65.4 Å².